The summed E-state index contributed by atoms with van der Waals surface area (Å²) in [6.45, 7) is 1.39. The van der Waals surface area contributed by atoms with Crippen molar-refractivity contribution in [2.75, 3.05) is 7.05 Å². The molecule has 0 aliphatic rings. The van der Waals surface area contributed by atoms with E-state index in [1.54, 1.807) is 13.2 Å². The minimum Gasteiger partial charge on any atom is -0.350 e. The summed E-state index contributed by atoms with van der Waals surface area (Å²) in [5.74, 6) is 1.31. The second-order valence-corrected chi connectivity index (χ2v) is 7.12. The molecule has 2 aromatic heterocycles. The van der Waals surface area contributed by atoms with Crippen molar-refractivity contribution in [1.29, 1.82) is 0 Å². The summed E-state index contributed by atoms with van der Waals surface area (Å²) in [6, 6.07) is 10.2. The van der Waals surface area contributed by atoms with Gasteiger partial charge in [0.2, 0.25) is 0 Å². The maximum Gasteiger partial charge on any atom is 0.434 e. The lowest BCUT2D eigenvalue weighted by atomic mass is 10.1. The number of halogens is 4. The van der Waals surface area contributed by atoms with E-state index < -0.39 is 11.9 Å². The Morgan fingerprint density at radius 2 is 1.90 bits per heavy atom. The quantitative estimate of drug-likeness (QED) is 0.265. The number of benzene rings is 1. The summed E-state index contributed by atoms with van der Waals surface area (Å²) in [4.78, 5) is 12.1. The molecule has 0 unspecified atom stereocenters. The number of thiazole rings is 1. The number of aliphatic imine (C=N–C) groups is 1. The molecule has 3 rings (SSSR count). The Labute approximate surface area is 193 Å². The number of alkyl halides is 3. The van der Waals surface area contributed by atoms with Crippen LogP contribution in [0.4, 0.5) is 13.2 Å². The molecule has 6 nitrogen and oxygen atoms in total. The smallest absolute Gasteiger partial charge is 0.350 e. The van der Waals surface area contributed by atoms with E-state index in [1.165, 1.54) is 5.56 Å². The minimum atomic E-state index is -4.43. The zero-order chi connectivity index (χ0) is 20.7. The van der Waals surface area contributed by atoms with Gasteiger partial charge in [0.05, 0.1) is 13.1 Å². The van der Waals surface area contributed by atoms with Crippen molar-refractivity contribution in [2.45, 2.75) is 32.2 Å². The van der Waals surface area contributed by atoms with Crippen LogP contribution in [0.3, 0.4) is 0 Å². The van der Waals surface area contributed by atoms with Gasteiger partial charge in [-0.3, -0.25) is 4.99 Å². The number of aryl methyl sites for hydroxylation is 2. The number of imidazole rings is 1. The maximum absolute atomic E-state index is 12.6. The molecule has 11 heteroatoms. The van der Waals surface area contributed by atoms with Crippen LogP contribution in [0, 0.1) is 0 Å². The van der Waals surface area contributed by atoms with Gasteiger partial charge < -0.3 is 15.2 Å². The largest absolute Gasteiger partial charge is 0.434 e. The molecule has 0 aliphatic carbocycles. The predicted octanol–water partition coefficient (Wildman–Crippen LogP) is 4.08. The summed E-state index contributed by atoms with van der Waals surface area (Å²) < 4.78 is 40.0. The fourth-order valence-electron chi connectivity index (χ4n) is 2.67. The van der Waals surface area contributed by atoms with Crippen LogP contribution in [0.25, 0.3) is 0 Å². The zero-order valence-corrected chi connectivity index (χ0v) is 19.3. The number of aromatic nitrogens is 3. The van der Waals surface area contributed by atoms with Crippen molar-refractivity contribution < 1.29 is 13.2 Å². The Kier molecular flexibility index (Phi) is 9.08. The van der Waals surface area contributed by atoms with E-state index in [9.17, 15) is 13.2 Å². The Balaban J connectivity index is 0.00000320. The first-order valence-electron chi connectivity index (χ1n) is 8.96. The van der Waals surface area contributed by atoms with Gasteiger partial charge in [-0.15, -0.1) is 35.3 Å². The summed E-state index contributed by atoms with van der Waals surface area (Å²) in [6.07, 6.45) is 0.130. The van der Waals surface area contributed by atoms with E-state index in [2.05, 4.69) is 42.3 Å². The molecule has 0 radical (unpaired) electrons. The third-order valence-electron chi connectivity index (χ3n) is 4.17. The number of rotatable bonds is 7. The van der Waals surface area contributed by atoms with E-state index >= 15 is 0 Å². The molecule has 0 saturated carbocycles. The molecule has 1 aromatic carbocycles. The normalized spacial score (nSPS) is 11.8. The predicted molar refractivity (Wildman–Crippen MR) is 122 cm³/mol. The van der Waals surface area contributed by atoms with Crippen molar-refractivity contribution in [3.05, 3.63) is 70.2 Å². The molecule has 3 aromatic rings. The average molecular weight is 550 g/mol. The highest BCUT2D eigenvalue weighted by Gasteiger charge is 2.33. The van der Waals surface area contributed by atoms with Gasteiger partial charge in [0.1, 0.15) is 10.8 Å². The van der Waals surface area contributed by atoms with Crippen LogP contribution in [0.1, 0.15) is 22.1 Å². The Morgan fingerprint density at radius 3 is 2.57 bits per heavy atom. The molecule has 30 heavy (non-hydrogen) atoms. The van der Waals surface area contributed by atoms with Crippen LogP contribution in [0.5, 0.6) is 0 Å². The zero-order valence-electron chi connectivity index (χ0n) is 16.2. The van der Waals surface area contributed by atoms with E-state index in [-0.39, 0.29) is 30.5 Å². The summed E-state index contributed by atoms with van der Waals surface area (Å²) in [5, 5.41) is 7.45. The van der Waals surface area contributed by atoms with E-state index in [1.807, 2.05) is 24.4 Å². The first-order valence-corrected chi connectivity index (χ1v) is 9.83. The van der Waals surface area contributed by atoms with Crippen molar-refractivity contribution in [1.82, 2.24) is 25.2 Å². The second-order valence-electron chi connectivity index (χ2n) is 6.18. The Morgan fingerprint density at radius 1 is 1.17 bits per heavy atom. The number of guanidine groups is 1. The van der Waals surface area contributed by atoms with Crippen molar-refractivity contribution in [3.63, 3.8) is 0 Å². The van der Waals surface area contributed by atoms with Gasteiger partial charge in [0.25, 0.3) is 0 Å². The number of nitrogens with zero attached hydrogens (tertiary/aromatic N) is 4. The lowest BCUT2D eigenvalue weighted by Crippen LogP contribution is -2.37. The molecular weight excluding hydrogens is 528 g/mol. The maximum atomic E-state index is 12.6. The van der Waals surface area contributed by atoms with Gasteiger partial charge >= 0.3 is 6.18 Å². The molecule has 0 bridgehead atoms. The van der Waals surface area contributed by atoms with Crippen LogP contribution in [-0.4, -0.2) is 27.5 Å². The van der Waals surface area contributed by atoms with Crippen LogP contribution in [0.15, 0.2) is 53.1 Å². The molecule has 0 spiro atoms. The molecule has 0 saturated heterocycles. The van der Waals surface area contributed by atoms with E-state index in [0.717, 1.165) is 35.5 Å². The van der Waals surface area contributed by atoms with Gasteiger partial charge in [0, 0.05) is 31.4 Å². The number of hydrogen-bond acceptors (Lipinski definition) is 4. The van der Waals surface area contributed by atoms with Crippen LogP contribution < -0.4 is 10.6 Å². The first-order chi connectivity index (χ1) is 14.0. The second kappa shape index (κ2) is 11.3. The molecular formula is C19H22F3IN6S. The van der Waals surface area contributed by atoms with Crippen molar-refractivity contribution >= 4 is 41.3 Å². The summed E-state index contributed by atoms with van der Waals surface area (Å²) >= 11 is 0.959. The van der Waals surface area contributed by atoms with Gasteiger partial charge in [-0.05, 0) is 12.0 Å². The number of nitrogens with one attached hydrogen (secondary N) is 2. The Bertz CT molecular complexity index is 939. The molecule has 0 aliphatic heterocycles. The van der Waals surface area contributed by atoms with Crippen LogP contribution in [-0.2, 0) is 32.2 Å². The SMILES string of the molecule is CN=C(NCc1nc(C(F)(F)F)cs1)NCc1nccn1CCc1ccccc1.I. The molecule has 2 heterocycles. The van der Waals surface area contributed by atoms with Crippen molar-refractivity contribution in [3.8, 4) is 0 Å². The van der Waals surface area contributed by atoms with Crippen LogP contribution in [0.2, 0.25) is 0 Å². The monoisotopic (exact) mass is 550 g/mol. The third-order valence-corrected chi connectivity index (χ3v) is 5.02. The minimum absolute atomic E-state index is 0. The third kappa shape index (κ3) is 6.97. The molecule has 0 atom stereocenters. The van der Waals surface area contributed by atoms with Gasteiger partial charge in [-0.2, -0.15) is 13.2 Å². The fraction of sp³-hybridized carbons (Fsp3) is 0.316. The van der Waals surface area contributed by atoms with Crippen LogP contribution >= 0.6 is 35.3 Å². The highest BCUT2D eigenvalue weighted by Crippen LogP contribution is 2.29. The Hall–Kier alpha value is -2.15. The topological polar surface area (TPSA) is 67.1 Å². The average Bonchev–Trinajstić information content (AvgIpc) is 3.36. The van der Waals surface area contributed by atoms with Gasteiger partial charge in [-0.25, -0.2) is 9.97 Å². The van der Waals surface area contributed by atoms with Gasteiger partial charge in [0.15, 0.2) is 11.7 Å². The summed E-state index contributed by atoms with van der Waals surface area (Å²) in [5.41, 5.74) is 0.377. The number of hydrogen-bond donors (Lipinski definition) is 2. The molecule has 2 N–H and O–H groups in total. The first kappa shape index (κ1) is 24.1. The lowest BCUT2D eigenvalue weighted by Gasteiger charge is -2.12. The highest BCUT2D eigenvalue weighted by atomic mass is 127. The lowest BCUT2D eigenvalue weighted by molar-refractivity contribution is -0.140. The molecule has 0 fully saturated rings. The standard InChI is InChI=1S/C19H21F3N6S.HI/c1-23-18(26-12-17-27-15(13-29-17)19(20,21)22)25-11-16-24-8-10-28(16)9-7-14-5-3-2-4-6-14;/h2-6,8,10,13H,7,9,11-12H2,1H3,(H2,23,25,26);1H. The van der Waals surface area contributed by atoms with Crippen molar-refractivity contribution in [2.24, 2.45) is 4.99 Å². The summed E-state index contributed by atoms with van der Waals surface area (Å²) in [7, 11) is 1.60. The molecule has 0 amide bonds. The highest BCUT2D eigenvalue weighted by molar-refractivity contribution is 14.0. The fourth-order valence-corrected chi connectivity index (χ4v) is 3.41. The van der Waals surface area contributed by atoms with E-state index in [0.29, 0.717) is 17.5 Å². The molecule has 162 valence electrons. The van der Waals surface area contributed by atoms with Gasteiger partial charge in [-0.1, -0.05) is 30.3 Å². The van der Waals surface area contributed by atoms with E-state index in [4.69, 9.17) is 0 Å².